The lowest BCUT2D eigenvalue weighted by molar-refractivity contribution is -0.125. The van der Waals surface area contributed by atoms with Gasteiger partial charge in [0.1, 0.15) is 5.54 Å². The van der Waals surface area contributed by atoms with Gasteiger partial charge in [-0.2, -0.15) is 0 Å². The number of aliphatic imine (C=N–C) groups is 1. The van der Waals surface area contributed by atoms with Crippen molar-refractivity contribution < 1.29 is 9.59 Å². The van der Waals surface area contributed by atoms with Gasteiger partial charge >= 0.3 is 6.03 Å². The number of amides is 3. The number of imide groups is 1. The van der Waals surface area contributed by atoms with Crippen molar-refractivity contribution in [3.8, 4) is 0 Å². The fourth-order valence-corrected chi connectivity index (χ4v) is 4.95. The molecule has 2 aliphatic heterocycles. The van der Waals surface area contributed by atoms with E-state index >= 15 is 0 Å². The summed E-state index contributed by atoms with van der Waals surface area (Å²) in [5, 5.41) is 8.80. The predicted octanol–water partition coefficient (Wildman–Crippen LogP) is 1.91. The fraction of sp³-hybridized carbons (Fsp3) is 0.591. The van der Waals surface area contributed by atoms with Gasteiger partial charge < -0.3 is 15.5 Å². The van der Waals surface area contributed by atoms with E-state index in [2.05, 4.69) is 57.0 Å². The third-order valence-electron chi connectivity index (χ3n) is 7.05. The Morgan fingerprint density at radius 3 is 2.48 bits per heavy atom. The summed E-state index contributed by atoms with van der Waals surface area (Å²) >= 11 is 0. The fourth-order valence-electron chi connectivity index (χ4n) is 4.95. The summed E-state index contributed by atoms with van der Waals surface area (Å²) in [7, 11) is 1.83. The molecule has 1 aliphatic carbocycles. The number of hydrogen-bond acceptors (Lipinski definition) is 3. The number of hydrogen-bond donors (Lipinski definition) is 3. The van der Waals surface area contributed by atoms with E-state index in [1.807, 2.05) is 14.0 Å². The average molecular weight is 398 g/mol. The summed E-state index contributed by atoms with van der Waals surface area (Å²) in [5.41, 5.74) is 2.22. The Balaban J connectivity index is 1.35. The molecule has 3 aliphatic rings. The molecule has 3 amide bonds. The zero-order valence-corrected chi connectivity index (χ0v) is 17.5. The maximum Gasteiger partial charge on any atom is 0.322 e. The molecule has 1 atom stereocenters. The van der Waals surface area contributed by atoms with Gasteiger partial charge in [-0.3, -0.25) is 15.1 Å². The number of carbonyl (C=O) groups excluding carboxylic acids is 2. The maximum atomic E-state index is 12.2. The molecule has 29 heavy (non-hydrogen) atoms. The van der Waals surface area contributed by atoms with E-state index in [1.54, 1.807) is 0 Å². The molecule has 4 rings (SSSR count). The first-order valence-electron chi connectivity index (χ1n) is 10.5. The Morgan fingerprint density at radius 2 is 1.93 bits per heavy atom. The van der Waals surface area contributed by atoms with Crippen molar-refractivity contribution >= 4 is 17.9 Å². The zero-order valence-electron chi connectivity index (χ0n) is 17.5. The number of piperidine rings is 1. The first kappa shape index (κ1) is 19.7. The predicted molar refractivity (Wildman–Crippen MR) is 113 cm³/mol. The lowest BCUT2D eigenvalue weighted by Gasteiger charge is -2.40. The van der Waals surface area contributed by atoms with Gasteiger partial charge in [0.25, 0.3) is 5.91 Å². The summed E-state index contributed by atoms with van der Waals surface area (Å²) in [6.07, 6.45) is 4.09. The van der Waals surface area contributed by atoms with Crippen LogP contribution in [0.2, 0.25) is 0 Å². The summed E-state index contributed by atoms with van der Waals surface area (Å²) in [6.45, 7) is 6.55. The minimum Gasteiger partial charge on any atom is -0.355 e. The molecule has 3 fully saturated rings. The van der Waals surface area contributed by atoms with Crippen LogP contribution in [0.15, 0.2) is 29.3 Å². The zero-order chi connectivity index (χ0) is 20.6. The molecule has 1 unspecified atom stereocenters. The number of benzene rings is 1. The molecule has 0 spiro atoms. The molecule has 1 aromatic carbocycles. The molecule has 2 saturated heterocycles. The normalized spacial score (nSPS) is 26.9. The third kappa shape index (κ3) is 3.58. The van der Waals surface area contributed by atoms with E-state index < -0.39 is 5.54 Å². The Bertz CT molecular complexity index is 839. The molecule has 7 heteroatoms. The second-order valence-electron chi connectivity index (χ2n) is 8.87. The lowest BCUT2D eigenvalue weighted by atomic mass is 9.79. The second-order valence-corrected chi connectivity index (χ2v) is 8.87. The molecule has 156 valence electrons. The van der Waals surface area contributed by atoms with Crippen molar-refractivity contribution in [2.24, 2.45) is 10.9 Å². The number of carbonyl (C=O) groups is 2. The summed E-state index contributed by atoms with van der Waals surface area (Å²) < 4.78 is 0. The van der Waals surface area contributed by atoms with Crippen LogP contribution in [-0.4, -0.2) is 55.0 Å². The SMILES string of the molecule is CN=C(NCC1(c2ccccc2C)CC1)N1CCC(C2(C)NC(=O)NC2=O)CC1. The molecule has 2 heterocycles. The van der Waals surface area contributed by atoms with Crippen molar-refractivity contribution in [2.45, 2.75) is 50.5 Å². The molecule has 0 radical (unpaired) electrons. The number of rotatable bonds is 4. The van der Waals surface area contributed by atoms with Crippen LogP contribution in [0.1, 0.15) is 43.7 Å². The van der Waals surface area contributed by atoms with Crippen LogP contribution in [0.25, 0.3) is 0 Å². The van der Waals surface area contributed by atoms with Gasteiger partial charge in [-0.15, -0.1) is 0 Å². The van der Waals surface area contributed by atoms with E-state index in [1.165, 1.54) is 24.0 Å². The standard InChI is InChI=1S/C22H31N5O2/c1-15-6-4-5-7-17(15)22(10-11-22)14-24-19(23-3)27-12-8-16(9-13-27)21(2)18(28)25-20(29)26-21/h4-7,16H,8-14H2,1-3H3,(H,23,24)(H2,25,26,28,29). The highest BCUT2D eigenvalue weighted by Gasteiger charge is 2.49. The highest BCUT2D eigenvalue weighted by molar-refractivity contribution is 6.07. The van der Waals surface area contributed by atoms with E-state index in [0.29, 0.717) is 0 Å². The van der Waals surface area contributed by atoms with Gasteiger partial charge in [-0.1, -0.05) is 24.3 Å². The quantitative estimate of drug-likeness (QED) is 0.412. The Kier molecular flexibility index (Phi) is 5.00. The maximum absolute atomic E-state index is 12.2. The number of guanidine groups is 1. The highest BCUT2D eigenvalue weighted by atomic mass is 16.2. The van der Waals surface area contributed by atoms with Crippen LogP contribution in [0.3, 0.4) is 0 Å². The van der Waals surface area contributed by atoms with Crippen LogP contribution < -0.4 is 16.0 Å². The van der Waals surface area contributed by atoms with Crippen molar-refractivity contribution in [2.75, 3.05) is 26.7 Å². The Labute approximate surface area is 172 Å². The van der Waals surface area contributed by atoms with Gasteiger partial charge in [-0.05, 0) is 56.6 Å². The number of likely N-dealkylation sites (tertiary alicyclic amines) is 1. The second kappa shape index (κ2) is 7.35. The molecule has 7 nitrogen and oxygen atoms in total. The molecular weight excluding hydrogens is 366 g/mol. The molecule has 3 N–H and O–H groups in total. The van der Waals surface area contributed by atoms with E-state index in [-0.39, 0.29) is 23.3 Å². The lowest BCUT2D eigenvalue weighted by Crippen LogP contribution is -2.55. The van der Waals surface area contributed by atoms with Crippen LogP contribution >= 0.6 is 0 Å². The topological polar surface area (TPSA) is 85.8 Å². The van der Waals surface area contributed by atoms with Crippen LogP contribution in [0, 0.1) is 12.8 Å². The van der Waals surface area contributed by atoms with Gasteiger partial charge in [0.2, 0.25) is 0 Å². The van der Waals surface area contributed by atoms with E-state index in [4.69, 9.17) is 0 Å². The van der Waals surface area contributed by atoms with Gasteiger partial charge in [0.05, 0.1) is 0 Å². The molecule has 0 bridgehead atoms. The number of nitrogens with one attached hydrogen (secondary N) is 3. The molecule has 1 saturated carbocycles. The Morgan fingerprint density at radius 1 is 1.24 bits per heavy atom. The van der Waals surface area contributed by atoms with E-state index in [0.717, 1.165) is 38.4 Å². The monoisotopic (exact) mass is 397 g/mol. The van der Waals surface area contributed by atoms with Gasteiger partial charge in [-0.25, -0.2) is 4.79 Å². The van der Waals surface area contributed by atoms with Gasteiger partial charge in [0, 0.05) is 32.1 Å². The summed E-state index contributed by atoms with van der Waals surface area (Å²) in [4.78, 5) is 30.6. The van der Waals surface area contributed by atoms with Crippen LogP contribution in [-0.2, 0) is 10.2 Å². The van der Waals surface area contributed by atoms with Crippen molar-refractivity contribution in [1.29, 1.82) is 0 Å². The smallest absolute Gasteiger partial charge is 0.322 e. The number of nitrogens with zero attached hydrogens (tertiary/aromatic N) is 2. The average Bonchev–Trinajstić information content (AvgIpc) is 3.44. The minimum absolute atomic E-state index is 0.130. The molecule has 1 aromatic rings. The highest BCUT2D eigenvalue weighted by Crippen LogP contribution is 2.48. The third-order valence-corrected chi connectivity index (χ3v) is 7.05. The van der Waals surface area contributed by atoms with Gasteiger partial charge in [0.15, 0.2) is 5.96 Å². The van der Waals surface area contributed by atoms with Crippen molar-refractivity contribution in [1.82, 2.24) is 20.9 Å². The van der Waals surface area contributed by atoms with Crippen LogP contribution in [0.4, 0.5) is 4.79 Å². The number of urea groups is 1. The largest absolute Gasteiger partial charge is 0.355 e. The van der Waals surface area contributed by atoms with Crippen molar-refractivity contribution in [3.05, 3.63) is 35.4 Å². The molecule has 0 aromatic heterocycles. The first-order chi connectivity index (χ1) is 13.9. The molecular formula is C22H31N5O2. The number of aryl methyl sites for hydroxylation is 1. The first-order valence-corrected chi connectivity index (χ1v) is 10.5. The van der Waals surface area contributed by atoms with Crippen molar-refractivity contribution in [3.63, 3.8) is 0 Å². The van der Waals surface area contributed by atoms with Crippen LogP contribution in [0.5, 0.6) is 0 Å². The minimum atomic E-state index is -0.803. The summed E-state index contributed by atoms with van der Waals surface area (Å²) in [6, 6.07) is 8.27. The summed E-state index contributed by atoms with van der Waals surface area (Å²) in [5.74, 6) is 0.843. The Hall–Kier alpha value is -2.57. The van der Waals surface area contributed by atoms with E-state index in [9.17, 15) is 9.59 Å².